The van der Waals surface area contributed by atoms with Gasteiger partial charge in [-0.05, 0) is 43.4 Å². The van der Waals surface area contributed by atoms with Gasteiger partial charge in [0.1, 0.15) is 0 Å². The summed E-state index contributed by atoms with van der Waals surface area (Å²) in [5, 5.41) is 3.33. The maximum Gasteiger partial charge on any atom is 0.180 e. The molecule has 2 atom stereocenters. The van der Waals surface area contributed by atoms with Crippen molar-refractivity contribution in [2.45, 2.75) is 31.1 Å². The number of benzene rings is 1. The lowest BCUT2D eigenvalue weighted by Crippen LogP contribution is -2.24. The predicted molar refractivity (Wildman–Crippen MR) is 82.5 cm³/mol. The summed E-state index contributed by atoms with van der Waals surface area (Å²) in [5.41, 5.74) is 6.51. The fourth-order valence-electron chi connectivity index (χ4n) is 2.97. The number of hydrogen-bond acceptors (Lipinski definition) is 4. The minimum absolute atomic E-state index is 0.126. The summed E-state index contributed by atoms with van der Waals surface area (Å²) >= 11 is 0. The van der Waals surface area contributed by atoms with Crippen molar-refractivity contribution in [3.8, 4) is 0 Å². The maximum absolute atomic E-state index is 12.1. The first-order valence-electron chi connectivity index (χ1n) is 7.34. The summed E-state index contributed by atoms with van der Waals surface area (Å²) in [7, 11) is -3.18. The molecule has 2 rings (SSSR count). The molecule has 2 unspecified atom stereocenters. The molecule has 0 bridgehead atoms. The highest BCUT2D eigenvalue weighted by molar-refractivity contribution is 7.91. The predicted octanol–water partition coefficient (Wildman–Crippen LogP) is 2.27. The van der Waals surface area contributed by atoms with Gasteiger partial charge in [0.25, 0.3) is 0 Å². The molecule has 1 fully saturated rings. The Balaban J connectivity index is 2.10. The van der Waals surface area contributed by atoms with E-state index in [-0.39, 0.29) is 5.75 Å². The maximum atomic E-state index is 12.1. The Bertz CT molecular complexity index is 543. The van der Waals surface area contributed by atoms with Crippen LogP contribution in [0.2, 0.25) is 0 Å². The van der Waals surface area contributed by atoms with Crippen LogP contribution in [-0.4, -0.2) is 27.3 Å². The summed E-state index contributed by atoms with van der Waals surface area (Å²) < 4.78 is 24.2. The first-order valence-corrected chi connectivity index (χ1v) is 8.99. The van der Waals surface area contributed by atoms with Crippen LogP contribution >= 0.6 is 0 Å². The van der Waals surface area contributed by atoms with Crippen molar-refractivity contribution in [2.75, 3.05) is 24.2 Å². The number of rotatable bonds is 6. The highest BCUT2D eigenvalue weighted by atomic mass is 32.2. The van der Waals surface area contributed by atoms with Gasteiger partial charge in [-0.2, -0.15) is 0 Å². The monoisotopic (exact) mass is 296 g/mol. The third-order valence-electron chi connectivity index (χ3n) is 4.28. The molecule has 1 aromatic carbocycles. The van der Waals surface area contributed by atoms with E-state index in [0.29, 0.717) is 16.7 Å². The van der Waals surface area contributed by atoms with Crippen LogP contribution < -0.4 is 11.1 Å². The molecule has 1 saturated carbocycles. The first-order chi connectivity index (χ1) is 9.58. The summed E-state index contributed by atoms with van der Waals surface area (Å²) in [6, 6.07) is 7.16. The van der Waals surface area contributed by atoms with Crippen LogP contribution in [0.1, 0.15) is 26.2 Å². The lowest BCUT2D eigenvalue weighted by Gasteiger charge is -2.20. The lowest BCUT2D eigenvalue weighted by molar-refractivity contribution is 0.414. The molecule has 3 N–H and O–H groups in total. The molecule has 0 spiro atoms. The van der Waals surface area contributed by atoms with Gasteiger partial charge < -0.3 is 11.1 Å². The van der Waals surface area contributed by atoms with Crippen LogP contribution in [0.3, 0.4) is 0 Å². The van der Waals surface area contributed by atoms with Crippen LogP contribution in [-0.2, 0) is 9.84 Å². The van der Waals surface area contributed by atoms with Crippen LogP contribution in [0, 0.1) is 11.8 Å². The number of nitrogens with two attached hydrogens (primary N) is 1. The number of para-hydroxylation sites is 1. The second kappa shape index (κ2) is 6.59. The van der Waals surface area contributed by atoms with Crippen molar-refractivity contribution in [1.82, 2.24) is 0 Å². The zero-order valence-corrected chi connectivity index (χ0v) is 12.8. The Hall–Kier alpha value is -1.07. The van der Waals surface area contributed by atoms with Crippen molar-refractivity contribution in [3.05, 3.63) is 24.3 Å². The Morgan fingerprint density at radius 3 is 2.65 bits per heavy atom. The second-order valence-corrected chi connectivity index (χ2v) is 7.71. The Kier molecular flexibility index (Phi) is 5.05. The van der Waals surface area contributed by atoms with E-state index in [2.05, 4.69) is 5.32 Å². The third-order valence-corrected chi connectivity index (χ3v) is 6.06. The van der Waals surface area contributed by atoms with E-state index < -0.39 is 9.84 Å². The number of nitrogens with one attached hydrogen (secondary N) is 1. The SMILES string of the molecule is CCS(=O)(=O)c1ccccc1NCC1CCCC1CN. The van der Waals surface area contributed by atoms with E-state index in [1.807, 2.05) is 12.1 Å². The van der Waals surface area contributed by atoms with Gasteiger partial charge in [-0.3, -0.25) is 0 Å². The van der Waals surface area contributed by atoms with Crippen LogP contribution in [0.25, 0.3) is 0 Å². The van der Waals surface area contributed by atoms with E-state index in [4.69, 9.17) is 5.73 Å². The molecule has 0 saturated heterocycles. The average molecular weight is 296 g/mol. The molecule has 4 nitrogen and oxygen atoms in total. The van der Waals surface area contributed by atoms with Gasteiger partial charge in [-0.15, -0.1) is 0 Å². The van der Waals surface area contributed by atoms with Crippen molar-refractivity contribution in [3.63, 3.8) is 0 Å². The average Bonchev–Trinajstić information content (AvgIpc) is 2.93. The fraction of sp³-hybridized carbons (Fsp3) is 0.600. The molecule has 5 heteroatoms. The molecule has 1 aliphatic carbocycles. The molecule has 0 aromatic heterocycles. The molecule has 112 valence electrons. The van der Waals surface area contributed by atoms with Crippen LogP contribution in [0.4, 0.5) is 5.69 Å². The van der Waals surface area contributed by atoms with Gasteiger partial charge in [-0.1, -0.05) is 25.5 Å². The largest absolute Gasteiger partial charge is 0.384 e. The van der Waals surface area contributed by atoms with E-state index in [1.54, 1.807) is 19.1 Å². The summed E-state index contributed by atoms with van der Waals surface area (Å²) in [6.07, 6.45) is 3.60. The standard InChI is InChI=1S/C15H24N2O2S/c1-2-20(18,19)15-9-4-3-8-14(15)17-11-13-7-5-6-12(13)10-16/h3-4,8-9,12-13,17H,2,5-7,10-11,16H2,1H3. The Morgan fingerprint density at radius 1 is 1.25 bits per heavy atom. The summed E-state index contributed by atoms with van der Waals surface area (Å²) in [5.74, 6) is 1.25. The quantitative estimate of drug-likeness (QED) is 0.844. The fourth-order valence-corrected chi connectivity index (χ4v) is 4.05. The molecule has 1 aliphatic rings. The van der Waals surface area contributed by atoms with Crippen molar-refractivity contribution in [2.24, 2.45) is 17.6 Å². The normalized spacial score (nSPS) is 22.9. The molecule has 0 radical (unpaired) electrons. The van der Waals surface area contributed by atoms with Crippen molar-refractivity contribution < 1.29 is 8.42 Å². The lowest BCUT2D eigenvalue weighted by atomic mass is 9.96. The molecule has 0 heterocycles. The van der Waals surface area contributed by atoms with Gasteiger partial charge in [-0.25, -0.2) is 8.42 Å². The first kappa shape index (κ1) is 15.3. The highest BCUT2D eigenvalue weighted by Crippen LogP contribution is 2.31. The molecule has 20 heavy (non-hydrogen) atoms. The van der Waals surface area contributed by atoms with Gasteiger partial charge >= 0.3 is 0 Å². The zero-order valence-electron chi connectivity index (χ0n) is 12.0. The molecule has 0 amide bonds. The summed E-state index contributed by atoms with van der Waals surface area (Å²) in [4.78, 5) is 0.407. The molecule has 1 aromatic rings. The van der Waals surface area contributed by atoms with Gasteiger partial charge in [0.05, 0.1) is 16.3 Å². The Morgan fingerprint density at radius 2 is 1.95 bits per heavy atom. The Labute approximate surface area is 121 Å². The zero-order chi connectivity index (χ0) is 14.6. The minimum Gasteiger partial charge on any atom is -0.384 e. The van der Waals surface area contributed by atoms with E-state index in [9.17, 15) is 8.42 Å². The highest BCUT2D eigenvalue weighted by Gasteiger charge is 2.26. The molecular formula is C15H24N2O2S. The van der Waals surface area contributed by atoms with E-state index in [0.717, 1.165) is 18.8 Å². The number of hydrogen-bond donors (Lipinski definition) is 2. The number of sulfone groups is 1. The number of anilines is 1. The molecular weight excluding hydrogens is 272 g/mol. The van der Waals surface area contributed by atoms with Gasteiger partial charge in [0, 0.05) is 6.54 Å². The van der Waals surface area contributed by atoms with Gasteiger partial charge in [0.2, 0.25) is 0 Å². The van der Waals surface area contributed by atoms with Crippen LogP contribution in [0.5, 0.6) is 0 Å². The van der Waals surface area contributed by atoms with Crippen molar-refractivity contribution in [1.29, 1.82) is 0 Å². The third kappa shape index (κ3) is 3.33. The van der Waals surface area contributed by atoms with Gasteiger partial charge in [0.15, 0.2) is 9.84 Å². The van der Waals surface area contributed by atoms with Crippen molar-refractivity contribution >= 4 is 15.5 Å². The minimum atomic E-state index is -3.18. The van der Waals surface area contributed by atoms with Crippen LogP contribution in [0.15, 0.2) is 29.2 Å². The smallest absolute Gasteiger partial charge is 0.180 e. The molecule has 0 aliphatic heterocycles. The van der Waals surface area contributed by atoms with E-state index in [1.165, 1.54) is 19.3 Å². The topological polar surface area (TPSA) is 72.2 Å². The van der Waals surface area contributed by atoms with E-state index >= 15 is 0 Å². The summed E-state index contributed by atoms with van der Waals surface area (Å²) in [6.45, 7) is 3.20. The second-order valence-electron chi connectivity index (χ2n) is 5.47.